The Kier molecular flexibility index (Phi) is 6.13. The summed E-state index contributed by atoms with van der Waals surface area (Å²) in [4.78, 5) is 23.8. The molecule has 126 valence electrons. The highest BCUT2D eigenvalue weighted by atomic mass is 16.2. The fourth-order valence-electron chi connectivity index (χ4n) is 2.76. The lowest BCUT2D eigenvalue weighted by Gasteiger charge is -2.13. The van der Waals surface area contributed by atoms with Gasteiger partial charge in [-0.3, -0.25) is 9.59 Å². The van der Waals surface area contributed by atoms with Crippen LogP contribution >= 0.6 is 0 Å². The van der Waals surface area contributed by atoms with Crippen LogP contribution in [0.2, 0.25) is 0 Å². The minimum Gasteiger partial charge on any atom is -0.350 e. The van der Waals surface area contributed by atoms with Gasteiger partial charge >= 0.3 is 0 Å². The van der Waals surface area contributed by atoms with Gasteiger partial charge in [0.05, 0.1) is 13.0 Å². The van der Waals surface area contributed by atoms with Crippen molar-refractivity contribution in [1.29, 1.82) is 0 Å². The molecule has 0 saturated carbocycles. The first-order valence-corrected chi connectivity index (χ1v) is 8.09. The second kappa shape index (κ2) is 8.29. The smallest absolute Gasteiger partial charge is 0.239 e. The number of hydrogen-bond acceptors (Lipinski definition) is 2. The van der Waals surface area contributed by atoms with Crippen molar-refractivity contribution in [3.63, 3.8) is 0 Å². The summed E-state index contributed by atoms with van der Waals surface area (Å²) >= 11 is 0. The van der Waals surface area contributed by atoms with Crippen molar-refractivity contribution in [2.75, 3.05) is 6.54 Å². The maximum Gasteiger partial charge on any atom is 0.239 e. The molecule has 2 N–H and O–H groups in total. The largest absolute Gasteiger partial charge is 0.350 e. The Labute approximate surface area is 143 Å². The molecule has 2 aromatic rings. The Balaban J connectivity index is 1.79. The molecule has 4 nitrogen and oxygen atoms in total. The third kappa shape index (κ3) is 5.23. The lowest BCUT2D eigenvalue weighted by atomic mass is 10.00. The van der Waals surface area contributed by atoms with Gasteiger partial charge in [-0.05, 0) is 43.0 Å². The first kappa shape index (κ1) is 17.7. The van der Waals surface area contributed by atoms with Gasteiger partial charge in [-0.2, -0.15) is 0 Å². The van der Waals surface area contributed by atoms with Gasteiger partial charge in [0.1, 0.15) is 0 Å². The fraction of sp³-hybridized carbons (Fsp3) is 0.300. The quantitative estimate of drug-likeness (QED) is 0.858. The van der Waals surface area contributed by atoms with E-state index in [0.29, 0.717) is 6.54 Å². The van der Waals surface area contributed by atoms with Crippen molar-refractivity contribution in [3.8, 4) is 0 Å². The molecule has 0 atom stereocenters. The van der Waals surface area contributed by atoms with Crippen LogP contribution in [-0.4, -0.2) is 18.4 Å². The van der Waals surface area contributed by atoms with E-state index in [1.165, 1.54) is 16.7 Å². The van der Waals surface area contributed by atoms with Crippen molar-refractivity contribution >= 4 is 11.8 Å². The van der Waals surface area contributed by atoms with Crippen LogP contribution in [0.4, 0.5) is 0 Å². The van der Waals surface area contributed by atoms with E-state index < -0.39 is 0 Å². The monoisotopic (exact) mass is 324 g/mol. The molecule has 0 unspecified atom stereocenters. The number of carbonyl (C=O) groups excluding carboxylic acids is 2. The van der Waals surface area contributed by atoms with Gasteiger partial charge < -0.3 is 10.6 Å². The molecule has 2 aromatic carbocycles. The van der Waals surface area contributed by atoms with Gasteiger partial charge in [0.15, 0.2) is 0 Å². The summed E-state index contributed by atoms with van der Waals surface area (Å²) in [6.45, 7) is 6.62. The molecular formula is C20H24N2O2. The molecule has 0 aliphatic heterocycles. The average molecular weight is 324 g/mol. The van der Waals surface area contributed by atoms with Crippen molar-refractivity contribution in [2.24, 2.45) is 0 Å². The van der Waals surface area contributed by atoms with Crippen LogP contribution in [0.3, 0.4) is 0 Å². The molecule has 0 aliphatic rings. The standard InChI is InChI=1S/C20H24N2O2/c1-14-9-15(2)18(16(3)10-14)12-21-20(24)13-22-19(23)11-17-7-5-4-6-8-17/h4-10H,11-13H2,1-3H3,(H,21,24)(H,22,23). The zero-order valence-electron chi connectivity index (χ0n) is 14.5. The van der Waals surface area contributed by atoms with Crippen molar-refractivity contribution < 1.29 is 9.59 Å². The first-order chi connectivity index (χ1) is 11.5. The summed E-state index contributed by atoms with van der Waals surface area (Å²) < 4.78 is 0. The molecule has 0 spiro atoms. The average Bonchev–Trinajstić information content (AvgIpc) is 2.53. The Morgan fingerprint density at radius 3 is 2.12 bits per heavy atom. The summed E-state index contributed by atoms with van der Waals surface area (Å²) in [6.07, 6.45) is 0.282. The van der Waals surface area contributed by atoms with Crippen LogP contribution < -0.4 is 10.6 Å². The molecule has 0 aliphatic carbocycles. The summed E-state index contributed by atoms with van der Waals surface area (Å²) in [5.74, 6) is -0.338. The van der Waals surface area contributed by atoms with E-state index in [1.54, 1.807) is 0 Å². The Morgan fingerprint density at radius 1 is 0.875 bits per heavy atom. The van der Waals surface area contributed by atoms with E-state index in [-0.39, 0.29) is 24.8 Å². The molecule has 0 saturated heterocycles. The highest BCUT2D eigenvalue weighted by Crippen LogP contribution is 2.15. The third-order valence-electron chi connectivity index (χ3n) is 3.96. The second-order valence-electron chi connectivity index (χ2n) is 6.09. The van der Waals surface area contributed by atoms with Gasteiger partial charge in [-0.25, -0.2) is 0 Å². The fourth-order valence-corrected chi connectivity index (χ4v) is 2.76. The topological polar surface area (TPSA) is 58.2 Å². The maximum atomic E-state index is 11.9. The summed E-state index contributed by atoms with van der Waals surface area (Å²) in [5, 5.41) is 5.52. The predicted molar refractivity (Wildman–Crippen MR) is 95.7 cm³/mol. The van der Waals surface area contributed by atoms with Crippen molar-refractivity contribution in [3.05, 3.63) is 70.3 Å². The summed E-state index contributed by atoms with van der Waals surface area (Å²) in [6, 6.07) is 13.7. The van der Waals surface area contributed by atoms with E-state index in [0.717, 1.165) is 11.1 Å². The number of aryl methyl sites for hydroxylation is 3. The van der Waals surface area contributed by atoms with Crippen molar-refractivity contribution in [1.82, 2.24) is 10.6 Å². The molecule has 4 heteroatoms. The number of hydrogen-bond donors (Lipinski definition) is 2. The SMILES string of the molecule is Cc1cc(C)c(CNC(=O)CNC(=O)Cc2ccccc2)c(C)c1. The number of carbonyl (C=O) groups is 2. The number of nitrogens with one attached hydrogen (secondary N) is 2. The minimum atomic E-state index is -0.184. The lowest BCUT2D eigenvalue weighted by Crippen LogP contribution is -2.37. The Morgan fingerprint density at radius 2 is 1.50 bits per heavy atom. The summed E-state index contributed by atoms with van der Waals surface area (Å²) in [5.41, 5.74) is 5.61. The predicted octanol–water partition coefficient (Wildman–Crippen LogP) is 2.59. The number of benzene rings is 2. The zero-order valence-corrected chi connectivity index (χ0v) is 14.5. The molecule has 0 fully saturated rings. The molecule has 0 radical (unpaired) electrons. The van der Waals surface area contributed by atoms with Crippen molar-refractivity contribution in [2.45, 2.75) is 33.7 Å². The molecule has 0 heterocycles. The van der Waals surface area contributed by atoms with E-state index in [4.69, 9.17) is 0 Å². The van der Waals surface area contributed by atoms with Crippen LogP contribution in [0.25, 0.3) is 0 Å². The Bertz CT molecular complexity index is 701. The minimum absolute atomic E-state index is 0.00434. The summed E-state index contributed by atoms with van der Waals surface area (Å²) in [7, 11) is 0. The Hall–Kier alpha value is -2.62. The highest BCUT2D eigenvalue weighted by Gasteiger charge is 2.08. The van der Waals surface area contributed by atoms with Gasteiger partial charge in [0.25, 0.3) is 0 Å². The zero-order chi connectivity index (χ0) is 17.5. The maximum absolute atomic E-state index is 11.9. The van der Waals surface area contributed by atoms with E-state index in [1.807, 2.05) is 44.2 Å². The number of amides is 2. The first-order valence-electron chi connectivity index (χ1n) is 8.09. The number of rotatable bonds is 6. The van der Waals surface area contributed by atoms with Crippen LogP contribution in [0, 0.1) is 20.8 Å². The van der Waals surface area contributed by atoms with E-state index in [2.05, 4.69) is 29.7 Å². The molecule has 2 rings (SSSR count). The van der Waals surface area contributed by atoms with Gasteiger partial charge in [-0.1, -0.05) is 48.0 Å². The highest BCUT2D eigenvalue weighted by molar-refractivity contribution is 5.85. The molecule has 2 amide bonds. The lowest BCUT2D eigenvalue weighted by molar-refractivity contribution is -0.125. The molecule has 24 heavy (non-hydrogen) atoms. The normalized spacial score (nSPS) is 10.3. The second-order valence-corrected chi connectivity index (χ2v) is 6.09. The molecular weight excluding hydrogens is 300 g/mol. The van der Waals surface area contributed by atoms with Crippen LogP contribution in [0.15, 0.2) is 42.5 Å². The van der Waals surface area contributed by atoms with E-state index in [9.17, 15) is 9.59 Å². The van der Waals surface area contributed by atoms with Crippen LogP contribution in [-0.2, 0) is 22.6 Å². The molecule has 0 aromatic heterocycles. The van der Waals surface area contributed by atoms with Gasteiger partial charge in [0, 0.05) is 6.54 Å². The van der Waals surface area contributed by atoms with Gasteiger partial charge in [0.2, 0.25) is 11.8 Å². The van der Waals surface area contributed by atoms with Crippen LogP contribution in [0.5, 0.6) is 0 Å². The molecule has 0 bridgehead atoms. The van der Waals surface area contributed by atoms with Gasteiger partial charge in [-0.15, -0.1) is 0 Å². The van der Waals surface area contributed by atoms with E-state index >= 15 is 0 Å². The third-order valence-corrected chi connectivity index (χ3v) is 3.96. The van der Waals surface area contributed by atoms with Crippen LogP contribution in [0.1, 0.15) is 27.8 Å².